The molecule has 6 heteroatoms. The normalized spacial score (nSPS) is 33.5. The van der Waals surface area contributed by atoms with Crippen molar-refractivity contribution in [3.05, 3.63) is 11.8 Å². The van der Waals surface area contributed by atoms with Crippen LogP contribution in [0.3, 0.4) is 0 Å². The van der Waals surface area contributed by atoms with Gasteiger partial charge in [-0.3, -0.25) is 9.59 Å². The lowest BCUT2D eigenvalue weighted by atomic mass is 9.81. The van der Waals surface area contributed by atoms with Crippen LogP contribution in [0.15, 0.2) is 11.8 Å². The van der Waals surface area contributed by atoms with Gasteiger partial charge in [0.05, 0.1) is 32.3 Å². The maximum Gasteiger partial charge on any atom is 0.317 e. The molecule has 0 saturated heterocycles. The van der Waals surface area contributed by atoms with E-state index in [0.29, 0.717) is 5.76 Å². The highest BCUT2D eigenvalue weighted by atomic mass is 16.5. The van der Waals surface area contributed by atoms with Gasteiger partial charge in [0.15, 0.2) is 0 Å². The van der Waals surface area contributed by atoms with Gasteiger partial charge >= 0.3 is 11.9 Å². The lowest BCUT2D eigenvalue weighted by molar-refractivity contribution is -0.162. The molecule has 1 fully saturated rings. The highest BCUT2D eigenvalue weighted by molar-refractivity contribution is 5.85. The van der Waals surface area contributed by atoms with Gasteiger partial charge < -0.3 is 18.9 Å². The molecule has 0 amide bonds. The Bertz CT molecular complexity index is 443. The first-order valence-corrected chi connectivity index (χ1v) is 7.22. The van der Waals surface area contributed by atoms with Crippen LogP contribution in [0.2, 0.25) is 0 Å². The standard InChI is InChI=1S/C15H22O6/c1-5-20-14(16)11-9(18-3)7-8-10(13(8)19-4)12(11)15(17)21-6-2/h7-8,10-13H,5-6H2,1-4H3/t8-,10-,11-,12+,13-/m0/s1. The molecule has 0 unspecified atom stereocenters. The summed E-state index contributed by atoms with van der Waals surface area (Å²) in [6.45, 7) is 4.00. The third-order valence-corrected chi connectivity index (χ3v) is 4.11. The number of carbonyl (C=O) groups excluding carboxylic acids is 2. The number of methoxy groups -OCH3 is 2. The molecule has 0 aromatic carbocycles. The molecule has 2 aliphatic carbocycles. The lowest BCUT2D eigenvalue weighted by Gasteiger charge is -2.28. The SMILES string of the molecule is CCOC(=O)[C@H]1C(OC)=C[C@@H]2[C@H](OC)[C@@H]2[C@H]1C(=O)OCC. The Labute approximate surface area is 124 Å². The van der Waals surface area contributed by atoms with Crippen LogP contribution in [0.5, 0.6) is 0 Å². The van der Waals surface area contributed by atoms with Crippen molar-refractivity contribution in [3.8, 4) is 0 Å². The molecule has 0 N–H and O–H groups in total. The van der Waals surface area contributed by atoms with E-state index in [2.05, 4.69) is 0 Å². The van der Waals surface area contributed by atoms with Crippen molar-refractivity contribution in [1.29, 1.82) is 0 Å². The van der Waals surface area contributed by atoms with E-state index in [1.54, 1.807) is 21.0 Å². The van der Waals surface area contributed by atoms with Crippen LogP contribution in [-0.2, 0) is 28.5 Å². The molecule has 0 heterocycles. The van der Waals surface area contributed by atoms with E-state index < -0.39 is 23.8 Å². The Morgan fingerprint density at radius 2 is 1.71 bits per heavy atom. The van der Waals surface area contributed by atoms with Gasteiger partial charge in [-0.2, -0.15) is 0 Å². The van der Waals surface area contributed by atoms with Crippen molar-refractivity contribution in [2.45, 2.75) is 20.0 Å². The molecule has 21 heavy (non-hydrogen) atoms. The fourth-order valence-electron chi connectivity index (χ4n) is 3.21. The zero-order valence-electron chi connectivity index (χ0n) is 12.8. The number of hydrogen-bond donors (Lipinski definition) is 0. The molecule has 0 spiro atoms. The van der Waals surface area contributed by atoms with Crippen LogP contribution in [0, 0.1) is 23.7 Å². The summed E-state index contributed by atoms with van der Waals surface area (Å²) in [4.78, 5) is 24.6. The Morgan fingerprint density at radius 3 is 2.24 bits per heavy atom. The molecular formula is C15H22O6. The van der Waals surface area contributed by atoms with E-state index in [9.17, 15) is 9.59 Å². The molecule has 0 aromatic rings. The van der Waals surface area contributed by atoms with Gasteiger partial charge in [-0.05, 0) is 19.9 Å². The van der Waals surface area contributed by atoms with E-state index in [-0.39, 0.29) is 31.2 Å². The van der Waals surface area contributed by atoms with E-state index in [0.717, 1.165) is 0 Å². The van der Waals surface area contributed by atoms with Crippen molar-refractivity contribution in [2.24, 2.45) is 23.7 Å². The van der Waals surface area contributed by atoms with Gasteiger partial charge in [0.1, 0.15) is 11.7 Å². The minimum atomic E-state index is -0.754. The minimum absolute atomic E-state index is 0.0534. The van der Waals surface area contributed by atoms with Crippen molar-refractivity contribution >= 4 is 11.9 Å². The first-order chi connectivity index (χ1) is 10.1. The van der Waals surface area contributed by atoms with E-state index in [4.69, 9.17) is 18.9 Å². The average molecular weight is 298 g/mol. The predicted molar refractivity (Wildman–Crippen MR) is 73.1 cm³/mol. The van der Waals surface area contributed by atoms with E-state index >= 15 is 0 Å². The number of ether oxygens (including phenoxy) is 4. The fourth-order valence-corrected chi connectivity index (χ4v) is 3.21. The zero-order valence-corrected chi connectivity index (χ0v) is 12.8. The van der Waals surface area contributed by atoms with Crippen molar-refractivity contribution < 1.29 is 28.5 Å². The van der Waals surface area contributed by atoms with Crippen LogP contribution < -0.4 is 0 Å². The molecule has 1 saturated carbocycles. The Hall–Kier alpha value is -1.56. The topological polar surface area (TPSA) is 71.1 Å². The second-order valence-corrected chi connectivity index (χ2v) is 5.14. The quantitative estimate of drug-likeness (QED) is 0.685. The second-order valence-electron chi connectivity index (χ2n) is 5.14. The van der Waals surface area contributed by atoms with Crippen molar-refractivity contribution in [2.75, 3.05) is 27.4 Å². The summed E-state index contributed by atoms with van der Waals surface area (Å²) < 4.78 is 20.9. The van der Waals surface area contributed by atoms with Gasteiger partial charge in [-0.15, -0.1) is 0 Å². The van der Waals surface area contributed by atoms with Crippen LogP contribution in [0.1, 0.15) is 13.8 Å². The third-order valence-electron chi connectivity index (χ3n) is 4.11. The van der Waals surface area contributed by atoms with Gasteiger partial charge in [-0.1, -0.05) is 0 Å². The minimum Gasteiger partial charge on any atom is -0.500 e. The third kappa shape index (κ3) is 2.77. The van der Waals surface area contributed by atoms with Crippen molar-refractivity contribution in [3.63, 3.8) is 0 Å². The number of carbonyl (C=O) groups is 2. The first-order valence-electron chi connectivity index (χ1n) is 7.22. The maximum absolute atomic E-state index is 12.3. The Kier molecular flexibility index (Phi) is 4.88. The number of rotatable bonds is 6. The summed E-state index contributed by atoms with van der Waals surface area (Å²) in [5, 5.41) is 0. The van der Waals surface area contributed by atoms with E-state index in [1.807, 2.05) is 6.08 Å². The van der Waals surface area contributed by atoms with Crippen LogP contribution in [-0.4, -0.2) is 45.5 Å². The Morgan fingerprint density at radius 1 is 1.10 bits per heavy atom. The second kappa shape index (κ2) is 6.47. The smallest absolute Gasteiger partial charge is 0.317 e. The summed E-state index contributed by atoms with van der Waals surface area (Å²) >= 11 is 0. The number of esters is 2. The highest BCUT2D eigenvalue weighted by Crippen LogP contribution is 2.56. The lowest BCUT2D eigenvalue weighted by Crippen LogP contribution is -2.38. The molecule has 0 aromatic heterocycles. The number of hydrogen-bond acceptors (Lipinski definition) is 6. The van der Waals surface area contributed by atoms with Crippen molar-refractivity contribution in [1.82, 2.24) is 0 Å². The molecule has 0 radical (unpaired) electrons. The summed E-state index contributed by atoms with van der Waals surface area (Å²) in [5.74, 6) is -1.72. The fraction of sp³-hybridized carbons (Fsp3) is 0.733. The largest absolute Gasteiger partial charge is 0.500 e. The molecule has 2 rings (SSSR count). The molecular weight excluding hydrogens is 276 g/mol. The van der Waals surface area contributed by atoms with Crippen LogP contribution in [0.4, 0.5) is 0 Å². The predicted octanol–water partition coefficient (Wildman–Crippen LogP) is 1.15. The van der Waals surface area contributed by atoms with Gasteiger partial charge in [0, 0.05) is 18.9 Å². The average Bonchev–Trinajstić information content (AvgIpc) is 3.18. The highest BCUT2D eigenvalue weighted by Gasteiger charge is 2.63. The summed E-state index contributed by atoms with van der Waals surface area (Å²) in [7, 11) is 3.09. The molecule has 0 aliphatic heterocycles. The summed E-state index contributed by atoms with van der Waals surface area (Å²) in [5.41, 5.74) is 0. The zero-order chi connectivity index (χ0) is 15.6. The van der Waals surface area contributed by atoms with E-state index in [1.165, 1.54) is 7.11 Å². The number of fused-ring (bicyclic) bond motifs is 1. The molecule has 5 atom stereocenters. The molecule has 0 bridgehead atoms. The van der Waals surface area contributed by atoms with Crippen LogP contribution in [0.25, 0.3) is 0 Å². The summed E-state index contributed by atoms with van der Waals surface area (Å²) in [6, 6.07) is 0. The van der Waals surface area contributed by atoms with Crippen LogP contribution >= 0.6 is 0 Å². The molecule has 2 aliphatic rings. The molecule has 6 nitrogen and oxygen atoms in total. The molecule has 118 valence electrons. The maximum atomic E-state index is 12.3. The Balaban J connectivity index is 2.32. The summed E-state index contributed by atoms with van der Waals surface area (Å²) in [6.07, 6.45) is 1.79. The first kappa shape index (κ1) is 15.8. The monoisotopic (exact) mass is 298 g/mol. The van der Waals surface area contributed by atoms with Gasteiger partial charge in [-0.25, -0.2) is 0 Å². The van der Waals surface area contributed by atoms with Gasteiger partial charge in [0.2, 0.25) is 0 Å². The van der Waals surface area contributed by atoms with Gasteiger partial charge in [0.25, 0.3) is 0 Å².